The van der Waals surface area contributed by atoms with Gasteiger partial charge in [0.05, 0.1) is 11.3 Å². The quantitative estimate of drug-likeness (QED) is 0.846. The smallest absolute Gasteiger partial charge is 0.335 e. The van der Waals surface area contributed by atoms with Crippen molar-refractivity contribution in [1.29, 1.82) is 0 Å². The summed E-state index contributed by atoms with van der Waals surface area (Å²) in [5.41, 5.74) is 1.79. The van der Waals surface area contributed by atoms with Gasteiger partial charge in [-0.15, -0.1) is 0 Å². The van der Waals surface area contributed by atoms with E-state index in [1.54, 1.807) is 25.1 Å². The van der Waals surface area contributed by atoms with Gasteiger partial charge >= 0.3 is 5.97 Å². The van der Waals surface area contributed by atoms with Gasteiger partial charge in [0, 0.05) is 15.1 Å². The zero-order valence-electron chi connectivity index (χ0n) is 11.0. The fraction of sp³-hybridized carbons (Fsp3) is 0.0667. The average Bonchev–Trinajstić information content (AvgIpc) is 2.43. The van der Waals surface area contributed by atoms with E-state index in [-0.39, 0.29) is 11.5 Å². The summed E-state index contributed by atoms with van der Waals surface area (Å²) >= 11 is 9.24. The molecule has 0 atom stereocenters. The van der Waals surface area contributed by atoms with Crippen molar-refractivity contribution in [2.75, 3.05) is 5.32 Å². The van der Waals surface area contributed by atoms with E-state index in [0.29, 0.717) is 26.3 Å². The summed E-state index contributed by atoms with van der Waals surface area (Å²) in [6.45, 7) is 1.76. The molecule has 21 heavy (non-hydrogen) atoms. The van der Waals surface area contributed by atoms with Crippen molar-refractivity contribution < 1.29 is 14.7 Å². The van der Waals surface area contributed by atoms with Crippen LogP contribution in [0.2, 0.25) is 5.02 Å². The SMILES string of the molecule is Cc1c(Cl)cccc1C(=O)Nc1ccc(C(=O)O)cc1Br. The number of amides is 1. The highest BCUT2D eigenvalue weighted by molar-refractivity contribution is 9.10. The third kappa shape index (κ3) is 3.43. The third-order valence-corrected chi connectivity index (χ3v) is 4.04. The van der Waals surface area contributed by atoms with E-state index in [1.165, 1.54) is 18.2 Å². The fourth-order valence-corrected chi connectivity index (χ4v) is 2.45. The number of rotatable bonds is 3. The first-order chi connectivity index (χ1) is 9.90. The van der Waals surface area contributed by atoms with Gasteiger partial charge in [0.1, 0.15) is 0 Å². The Morgan fingerprint density at radius 2 is 1.95 bits per heavy atom. The second-order valence-corrected chi connectivity index (χ2v) is 5.63. The van der Waals surface area contributed by atoms with E-state index >= 15 is 0 Å². The molecular weight excluding hydrogens is 358 g/mol. The monoisotopic (exact) mass is 367 g/mol. The molecule has 0 saturated carbocycles. The van der Waals surface area contributed by atoms with Crippen molar-refractivity contribution in [1.82, 2.24) is 0 Å². The molecular formula is C15H11BrClNO3. The number of aromatic carboxylic acids is 1. The third-order valence-electron chi connectivity index (χ3n) is 2.98. The van der Waals surface area contributed by atoms with Crippen molar-refractivity contribution in [2.24, 2.45) is 0 Å². The molecule has 1 amide bonds. The molecule has 108 valence electrons. The van der Waals surface area contributed by atoms with Crippen LogP contribution in [0.5, 0.6) is 0 Å². The lowest BCUT2D eigenvalue weighted by Crippen LogP contribution is -2.14. The van der Waals surface area contributed by atoms with E-state index in [4.69, 9.17) is 16.7 Å². The summed E-state index contributed by atoms with van der Waals surface area (Å²) in [7, 11) is 0. The van der Waals surface area contributed by atoms with Gasteiger partial charge in [-0.05, 0) is 58.7 Å². The van der Waals surface area contributed by atoms with Crippen molar-refractivity contribution >= 4 is 45.1 Å². The summed E-state index contributed by atoms with van der Waals surface area (Å²) in [6.07, 6.45) is 0. The molecule has 0 heterocycles. The Morgan fingerprint density at radius 3 is 2.57 bits per heavy atom. The predicted octanol–water partition coefficient (Wildman–Crippen LogP) is 4.36. The first-order valence-electron chi connectivity index (χ1n) is 5.99. The molecule has 2 aromatic carbocycles. The molecule has 0 aliphatic rings. The summed E-state index contributed by atoms with van der Waals surface area (Å²) in [5.74, 6) is -1.34. The van der Waals surface area contributed by atoms with Crippen molar-refractivity contribution in [3.05, 3.63) is 62.6 Å². The molecule has 6 heteroatoms. The maximum Gasteiger partial charge on any atom is 0.335 e. The number of hydrogen-bond donors (Lipinski definition) is 2. The number of benzene rings is 2. The maximum absolute atomic E-state index is 12.3. The molecule has 2 aromatic rings. The van der Waals surface area contributed by atoms with Crippen molar-refractivity contribution in [3.8, 4) is 0 Å². The van der Waals surface area contributed by atoms with Gasteiger partial charge in [-0.2, -0.15) is 0 Å². The largest absolute Gasteiger partial charge is 0.478 e. The maximum atomic E-state index is 12.3. The zero-order chi connectivity index (χ0) is 15.6. The highest BCUT2D eigenvalue weighted by Crippen LogP contribution is 2.25. The molecule has 0 unspecified atom stereocenters. The van der Waals surface area contributed by atoms with Crippen LogP contribution in [0.4, 0.5) is 5.69 Å². The molecule has 0 bridgehead atoms. The predicted molar refractivity (Wildman–Crippen MR) is 85.2 cm³/mol. The highest BCUT2D eigenvalue weighted by atomic mass is 79.9. The fourth-order valence-electron chi connectivity index (χ4n) is 1.79. The van der Waals surface area contributed by atoms with Gasteiger partial charge in [-0.25, -0.2) is 4.79 Å². The summed E-state index contributed by atoms with van der Waals surface area (Å²) < 4.78 is 0.496. The number of anilines is 1. The number of halogens is 2. The van der Waals surface area contributed by atoms with Crippen LogP contribution in [0.15, 0.2) is 40.9 Å². The Labute approximate surface area is 134 Å². The normalized spacial score (nSPS) is 10.2. The molecule has 0 aliphatic heterocycles. The zero-order valence-corrected chi connectivity index (χ0v) is 13.3. The Morgan fingerprint density at radius 1 is 1.24 bits per heavy atom. The minimum absolute atomic E-state index is 0.138. The van der Waals surface area contributed by atoms with Crippen molar-refractivity contribution in [3.63, 3.8) is 0 Å². The van der Waals surface area contributed by atoms with Crippen LogP contribution < -0.4 is 5.32 Å². The first kappa shape index (κ1) is 15.5. The second kappa shape index (κ2) is 6.28. The lowest BCUT2D eigenvalue weighted by atomic mass is 10.1. The number of hydrogen-bond acceptors (Lipinski definition) is 2. The van der Waals surface area contributed by atoms with E-state index in [2.05, 4.69) is 21.2 Å². The van der Waals surface area contributed by atoms with Gasteiger partial charge in [0.25, 0.3) is 5.91 Å². The molecule has 2 rings (SSSR count). The first-order valence-corrected chi connectivity index (χ1v) is 7.16. The van der Waals surface area contributed by atoms with Gasteiger partial charge in [0.15, 0.2) is 0 Å². The highest BCUT2D eigenvalue weighted by Gasteiger charge is 2.13. The Hall–Kier alpha value is -1.85. The molecule has 2 N–H and O–H groups in total. The molecule has 0 aromatic heterocycles. The van der Waals surface area contributed by atoms with Crippen LogP contribution in [0.25, 0.3) is 0 Å². The van der Waals surface area contributed by atoms with Gasteiger partial charge in [0.2, 0.25) is 0 Å². The number of carboxylic acids is 1. The van der Waals surface area contributed by atoms with E-state index in [1.807, 2.05) is 0 Å². The van der Waals surface area contributed by atoms with Gasteiger partial charge in [-0.1, -0.05) is 17.7 Å². The number of nitrogens with one attached hydrogen (secondary N) is 1. The Balaban J connectivity index is 2.28. The molecule has 0 saturated heterocycles. The number of carbonyl (C=O) groups excluding carboxylic acids is 1. The molecule has 0 radical (unpaired) electrons. The topological polar surface area (TPSA) is 66.4 Å². The number of carbonyl (C=O) groups is 2. The average molecular weight is 369 g/mol. The van der Waals surface area contributed by atoms with Crippen LogP contribution in [0.3, 0.4) is 0 Å². The van der Waals surface area contributed by atoms with E-state index in [9.17, 15) is 9.59 Å². The molecule has 4 nitrogen and oxygen atoms in total. The Bertz CT molecular complexity index is 731. The number of carboxylic acid groups (broad SMARTS) is 1. The second-order valence-electron chi connectivity index (χ2n) is 4.37. The minimum Gasteiger partial charge on any atom is -0.478 e. The molecule has 0 aliphatic carbocycles. The summed E-state index contributed by atoms with van der Waals surface area (Å²) in [4.78, 5) is 23.1. The summed E-state index contributed by atoms with van der Waals surface area (Å²) in [6, 6.07) is 9.48. The lowest BCUT2D eigenvalue weighted by Gasteiger charge is -2.10. The van der Waals surface area contributed by atoms with Crippen LogP contribution in [-0.2, 0) is 0 Å². The van der Waals surface area contributed by atoms with E-state index < -0.39 is 5.97 Å². The molecule has 0 fully saturated rings. The van der Waals surface area contributed by atoms with E-state index in [0.717, 1.165) is 0 Å². The van der Waals surface area contributed by atoms with Crippen LogP contribution in [-0.4, -0.2) is 17.0 Å². The standard InChI is InChI=1S/C15H11BrClNO3/c1-8-10(3-2-4-12(8)17)14(19)18-13-6-5-9(15(20)21)7-11(13)16/h2-7H,1H3,(H,18,19)(H,20,21). The Kier molecular flexibility index (Phi) is 4.65. The summed E-state index contributed by atoms with van der Waals surface area (Å²) in [5, 5.41) is 12.1. The van der Waals surface area contributed by atoms with Gasteiger partial charge < -0.3 is 10.4 Å². The van der Waals surface area contributed by atoms with Crippen LogP contribution in [0, 0.1) is 6.92 Å². The van der Waals surface area contributed by atoms with Crippen LogP contribution >= 0.6 is 27.5 Å². The van der Waals surface area contributed by atoms with Crippen LogP contribution in [0.1, 0.15) is 26.3 Å². The molecule has 0 spiro atoms. The lowest BCUT2D eigenvalue weighted by molar-refractivity contribution is 0.0696. The minimum atomic E-state index is -1.03. The van der Waals surface area contributed by atoms with Gasteiger partial charge in [-0.3, -0.25) is 4.79 Å². The van der Waals surface area contributed by atoms with Crippen molar-refractivity contribution in [2.45, 2.75) is 6.92 Å².